The van der Waals surface area contributed by atoms with Crippen LogP contribution in [-0.4, -0.2) is 60.6 Å². The monoisotopic (exact) mass is 488 g/mol. The van der Waals surface area contributed by atoms with E-state index in [1.54, 1.807) is 22.6 Å². The Morgan fingerprint density at radius 3 is 2.52 bits per heavy atom. The summed E-state index contributed by atoms with van der Waals surface area (Å²) >= 11 is 1.37. The molecule has 1 aromatic carbocycles. The van der Waals surface area contributed by atoms with E-state index in [2.05, 4.69) is 10.3 Å². The molecule has 0 spiro atoms. The standard InChI is InChI=1S/C23H28N4O4S2/c28-21(25-23-24-11-15-32-23)20-7-4-12-26(17-20)22(29)19-8-13-27(14-9-19)33(30,31)16-10-18-5-2-1-3-6-18/h1-3,5-6,10-11,15-16,19-20H,4,7-9,12-14,17H2,(H,24,25,28)/b16-10+. The van der Waals surface area contributed by atoms with Crippen molar-refractivity contribution >= 4 is 44.4 Å². The first kappa shape index (κ1) is 23.6. The maximum Gasteiger partial charge on any atom is 0.236 e. The van der Waals surface area contributed by atoms with Crippen LogP contribution in [0.4, 0.5) is 5.13 Å². The molecule has 176 valence electrons. The van der Waals surface area contributed by atoms with Gasteiger partial charge in [0.05, 0.1) is 5.92 Å². The van der Waals surface area contributed by atoms with E-state index in [-0.39, 0.29) is 23.7 Å². The predicted octanol–water partition coefficient (Wildman–Crippen LogP) is 3.03. The lowest BCUT2D eigenvalue weighted by Crippen LogP contribution is -2.48. The second kappa shape index (κ2) is 10.6. The van der Waals surface area contributed by atoms with E-state index in [1.807, 2.05) is 30.3 Å². The van der Waals surface area contributed by atoms with Gasteiger partial charge in [0.1, 0.15) is 0 Å². The molecule has 2 amide bonds. The van der Waals surface area contributed by atoms with E-state index in [4.69, 9.17) is 0 Å². The van der Waals surface area contributed by atoms with E-state index >= 15 is 0 Å². The van der Waals surface area contributed by atoms with Crippen molar-refractivity contribution in [3.63, 3.8) is 0 Å². The summed E-state index contributed by atoms with van der Waals surface area (Å²) in [5.74, 6) is -0.544. The molecule has 2 aliphatic heterocycles. The first-order chi connectivity index (χ1) is 15.9. The highest BCUT2D eigenvalue weighted by Gasteiger charge is 2.35. The van der Waals surface area contributed by atoms with Crippen molar-refractivity contribution in [2.24, 2.45) is 11.8 Å². The van der Waals surface area contributed by atoms with Crippen LogP contribution < -0.4 is 5.32 Å². The number of carbonyl (C=O) groups is 2. The third-order valence-electron chi connectivity index (χ3n) is 6.16. The summed E-state index contributed by atoms with van der Waals surface area (Å²) in [5, 5.41) is 6.43. The van der Waals surface area contributed by atoms with Crippen LogP contribution in [-0.2, 0) is 19.6 Å². The van der Waals surface area contributed by atoms with E-state index in [0.29, 0.717) is 44.2 Å². The Kier molecular flexibility index (Phi) is 7.56. The first-order valence-electron chi connectivity index (χ1n) is 11.1. The van der Waals surface area contributed by atoms with E-state index in [1.165, 1.54) is 21.1 Å². The minimum absolute atomic E-state index is 0.0265. The fourth-order valence-corrected chi connectivity index (χ4v) is 6.07. The average Bonchev–Trinajstić information content (AvgIpc) is 3.36. The Hall–Kier alpha value is -2.56. The topological polar surface area (TPSA) is 99.7 Å². The predicted molar refractivity (Wildman–Crippen MR) is 129 cm³/mol. The lowest BCUT2D eigenvalue weighted by Gasteiger charge is -2.36. The largest absolute Gasteiger partial charge is 0.342 e. The van der Waals surface area contributed by atoms with Gasteiger partial charge >= 0.3 is 0 Å². The van der Waals surface area contributed by atoms with Crippen molar-refractivity contribution in [2.75, 3.05) is 31.5 Å². The molecule has 1 atom stereocenters. The molecule has 1 aromatic heterocycles. The molecule has 8 nitrogen and oxygen atoms in total. The van der Waals surface area contributed by atoms with Crippen LogP contribution >= 0.6 is 11.3 Å². The van der Waals surface area contributed by atoms with Crippen molar-refractivity contribution in [3.05, 3.63) is 52.9 Å². The molecule has 3 heterocycles. The number of nitrogens with zero attached hydrogens (tertiary/aromatic N) is 3. The molecule has 0 aliphatic carbocycles. The smallest absolute Gasteiger partial charge is 0.236 e. The average molecular weight is 489 g/mol. The van der Waals surface area contributed by atoms with E-state index in [0.717, 1.165) is 18.4 Å². The summed E-state index contributed by atoms with van der Waals surface area (Å²) in [7, 11) is -3.53. The van der Waals surface area contributed by atoms with Gasteiger partial charge in [-0.15, -0.1) is 11.3 Å². The van der Waals surface area contributed by atoms with Gasteiger partial charge in [-0.2, -0.15) is 4.31 Å². The number of amides is 2. The Morgan fingerprint density at radius 1 is 1.06 bits per heavy atom. The summed E-state index contributed by atoms with van der Waals surface area (Å²) in [5.41, 5.74) is 0.824. The molecule has 0 saturated carbocycles. The van der Waals surface area contributed by atoms with Crippen LogP contribution in [0.15, 0.2) is 47.3 Å². The zero-order valence-electron chi connectivity index (χ0n) is 18.3. The van der Waals surface area contributed by atoms with Gasteiger partial charge in [-0.25, -0.2) is 13.4 Å². The van der Waals surface area contributed by atoms with Crippen LogP contribution in [0.1, 0.15) is 31.2 Å². The lowest BCUT2D eigenvalue weighted by atomic mass is 9.92. The lowest BCUT2D eigenvalue weighted by molar-refractivity contribution is -0.139. The van der Waals surface area contributed by atoms with Gasteiger partial charge in [0.15, 0.2) is 5.13 Å². The molecular formula is C23H28N4O4S2. The summed E-state index contributed by atoms with van der Waals surface area (Å²) in [6, 6.07) is 9.29. The van der Waals surface area contributed by atoms with Crippen LogP contribution in [0.2, 0.25) is 0 Å². The quantitative estimate of drug-likeness (QED) is 0.674. The van der Waals surface area contributed by atoms with E-state index < -0.39 is 10.0 Å². The highest BCUT2D eigenvalue weighted by Crippen LogP contribution is 2.26. The number of anilines is 1. The Morgan fingerprint density at radius 2 is 1.82 bits per heavy atom. The molecule has 10 heteroatoms. The molecule has 0 radical (unpaired) electrons. The molecule has 2 aromatic rings. The number of aromatic nitrogens is 1. The molecule has 33 heavy (non-hydrogen) atoms. The second-order valence-corrected chi connectivity index (χ2v) is 11.1. The second-order valence-electron chi connectivity index (χ2n) is 8.38. The van der Waals surface area contributed by atoms with Gasteiger partial charge in [-0.1, -0.05) is 30.3 Å². The van der Waals surface area contributed by atoms with Gasteiger partial charge in [0.25, 0.3) is 0 Å². The number of benzene rings is 1. The SMILES string of the molecule is O=C(Nc1nccs1)C1CCCN(C(=O)C2CCN(S(=O)(=O)/C=C/c3ccccc3)CC2)C1. The highest BCUT2D eigenvalue weighted by atomic mass is 32.2. The Labute approximate surface area is 198 Å². The summed E-state index contributed by atoms with van der Waals surface area (Å²) in [6.07, 6.45) is 5.73. The number of sulfonamides is 1. The third-order valence-corrected chi connectivity index (χ3v) is 8.41. The third kappa shape index (κ3) is 6.07. The van der Waals surface area contributed by atoms with Crippen molar-refractivity contribution in [3.8, 4) is 0 Å². The van der Waals surface area contributed by atoms with E-state index in [9.17, 15) is 18.0 Å². The number of piperidine rings is 2. The minimum Gasteiger partial charge on any atom is -0.342 e. The summed E-state index contributed by atoms with van der Waals surface area (Å²) in [4.78, 5) is 31.5. The van der Waals surface area contributed by atoms with Gasteiger partial charge in [0.2, 0.25) is 21.8 Å². The molecular weight excluding hydrogens is 460 g/mol. The number of hydrogen-bond donors (Lipinski definition) is 1. The Balaban J connectivity index is 1.29. The number of nitrogens with one attached hydrogen (secondary N) is 1. The number of likely N-dealkylation sites (tertiary alicyclic amines) is 1. The number of hydrogen-bond acceptors (Lipinski definition) is 6. The fourth-order valence-electron chi connectivity index (χ4n) is 4.31. The normalized spacial score (nSPS) is 20.7. The zero-order chi connectivity index (χ0) is 23.3. The van der Waals surface area contributed by atoms with Gasteiger partial charge in [0, 0.05) is 49.1 Å². The van der Waals surface area contributed by atoms with Crippen molar-refractivity contribution < 1.29 is 18.0 Å². The van der Waals surface area contributed by atoms with Crippen LogP contribution in [0, 0.1) is 11.8 Å². The Bertz CT molecular complexity index is 1080. The number of thiazole rings is 1. The summed E-state index contributed by atoms with van der Waals surface area (Å²) in [6.45, 7) is 1.67. The fraction of sp³-hybridized carbons (Fsp3) is 0.435. The van der Waals surface area contributed by atoms with Gasteiger partial charge in [-0.05, 0) is 37.3 Å². The van der Waals surface area contributed by atoms with Gasteiger partial charge in [-0.3, -0.25) is 9.59 Å². The van der Waals surface area contributed by atoms with Crippen LogP contribution in [0.25, 0.3) is 6.08 Å². The molecule has 4 rings (SSSR count). The molecule has 2 saturated heterocycles. The minimum atomic E-state index is -3.53. The molecule has 2 fully saturated rings. The molecule has 0 bridgehead atoms. The molecule has 1 N–H and O–H groups in total. The van der Waals surface area contributed by atoms with Gasteiger partial charge < -0.3 is 10.2 Å². The van der Waals surface area contributed by atoms with Crippen molar-refractivity contribution in [2.45, 2.75) is 25.7 Å². The van der Waals surface area contributed by atoms with Crippen LogP contribution in [0.3, 0.4) is 0 Å². The summed E-state index contributed by atoms with van der Waals surface area (Å²) < 4.78 is 26.8. The van der Waals surface area contributed by atoms with Crippen molar-refractivity contribution in [1.29, 1.82) is 0 Å². The number of carbonyl (C=O) groups excluding carboxylic acids is 2. The maximum absolute atomic E-state index is 13.1. The molecule has 1 unspecified atom stereocenters. The molecule has 2 aliphatic rings. The number of rotatable bonds is 6. The maximum atomic E-state index is 13.1. The first-order valence-corrected chi connectivity index (χ1v) is 13.5. The highest BCUT2D eigenvalue weighted by molar-refractivity contribution is 7.92. The van der Waals surface area contributed by atoms with Crippen molar-refractivity contribution in [1.82, 2.24) is 14.2 Å². The van der Waals surface area contributed by atoms with Crippen LogP contribution in [0.5, 0.6) is 0 Å². The zero-order valence-corrected chi connectivity index (χ0v) is 19.9.